The number of benzene rings is 1. The summed E-state index contributed by atoms with van der Waals surface area (Å²) < 4.78 is 20.1. The van der Waals surface area contributed by atoms with Gasteiger partial charge in [0.05, 0.1) is 11.0 Å². The highest BCUT2D eigenvalue weighted by Crippen LogP contribution is 2.29. The predicted octanol–water partition coefficient (Wildman–Crippen LogP) is 1.44. The van der Waals surface area contributed by atoms with Crippen molar-refractivity contribution in [3.63, 3.8) is 0 Å². The van der Waals surface area contributed by atoms with Gasteiger partial charge in [-0.25, -0.2) is 9.18 Å². The van der Waals surface area contributed by atoms with E-state index in [1.54, 1.807) is 6.07 Å². The number of halogens is 2. The molecular weight excluding hydrogens is 331 g/mol. The Kier molecular flexibility index (Phi) is 3.21. The first-order chi connectivity index (χ1) is 9.54. The second-order valence-corrected chi connectivity index (χ2v) is 5.41. The number of rotatable bonds is 2. The molecule has 1 aliphatic rings. The van der Waals surface area contributed by atoms with E-state index in [-0.39, 0.29) is 22.9 Å². The van der Waals surface area contributed by atoms with E-state index in [0.717, 1.165) is 10.1 Å². The summed E-state index contributed by atoms with van der Waals surface area (Å²) in [6.07, 6.45) is 1.41. The minimum atomic E-state index is -0.496. The second kappa shape index (κ2) is 4.90. The van der Waals surface area contributed by atoms with Crippen LogP contribution in [0.5, 0.6) is 5.75 Å². The zero-order valence-corrected chi connectivity index (χ0v) is 11.8. The van der Waals surface area contributed by atoms with Crippen molar-refractivity contribution < 1.29 is 9.13 Å². The molecule has 1 aromatic carbocycles. The quantitative estimate of drug-likeness (QED) is 0.899. The number of aromatic amines is 1. The zero-order chi connectivity index (χ0) is 14.3. The van der Waals surface area contributed by atoms with Gasteiger partial charge in [0.25, 0.3) is 5.56 Å². The third-order valence-electron chi connectivity index (χ3n) is 3.17. The third kappa shape index (κ3) is 2.29. The molecule has 1 aliphatic heterocycles. The Balaban J connectivity index is 1.87. The molecule has 2 heterocycles. The van der Waals surface area contributed by atoms with Crippen LogP contribution in [0.4, 0.5) is 4.39 Å². The fraction of sp³-hybridized carbons (Fsp3) is 0.231. The first kappa shape index (κ1) is 13.1. The molecule has 7 heteroatoms. The van der Waals surface area contributed by atoms with E-state index in [9.17, 15) is 14.0 Å². The fourth-order valence-corrected chi connectivity index (χ4v) is 2.57. The molecule has 20 heavy (non-hydrogen) atoms. The summed E-state index contributed by atoms with van der Waals surface area (Å²) in [7, 11) is 0. The van der Waals surface area contributed by atoms with Crippen LogP contribution in [-0.4, -0.2) is 15.7 Å². The lowest BCUT2D eigenvalue weighted by atomic mass is 10.1. The van der Waals surface area contributed by atoms with Gasteiger partial charge in [0, 0.05) is 18.2 Å². The van der Waals surface area contributed by atoms with Crippen LogP contribution in [0.1, 0.15) is 5.56 Å². The van der Waals surface area contributed by atoms with Gasteiger partial charge in [-0.1, -0.05) is 0 Å². The summed E-state index contributed by atoms with van der Waals surface area (Å²) in [5, 5.41) is 0. The number of ether oxygens (including phenoxy) is 1. The van der Waals surface area contributed by atoms with Crippen molar-refractivity contribution in [2.75, 3.05) is 0 Å². The maximum Gasteiger partial charge on any atom is 0.328 e. The zero-order valence-electron chi connectivity index (χ0n) is 10.2. The maximum atomic E-state index is 13.1. The number of hydrogen-bond acceptors (Lipinski definition) is 3. The molecular formula is C13H10BrFN2O3. The lowest BCUT2D eigenvalue weighted by molar-refractivity contribution is 0.205. The second-order valence-electron chi connectivity index (χ2n) is 4.55. The average molecular weight is 341 g/mol. The number of nitrogens with zero attached hydrogens (tertiary/aromatic N) is 1. The topological polar surface area (TPSA) is 64.1 Å². The lowest BCUT2D eigenvalue weighted by Gasteiger charge is -2.11. The Morgan fingerprint density at radius 2 is 2.25 bits per heavy atom. The van der Waals surface area contributed by atoms with E-state index < -0.39 is 11.2 Å². The summed E-state index contributed by atoms with van der Waals surface area (Å²) >= 11 is 3.07. The summed E-state index contributed by atoms with van der Waals surface area (Å²) in [6, 6.07) is 4.28. The molecule has 1 aromatic heterocycles. The molecule has 5 nitrogen and oxygen atoms in total. The maximum absolute atomic E-state index is 13.1. The highest BCUT2D eigenvalue weighted by atomic mass is 79.9. The number of fused-ring (bicyclic) bond motifs is 1. The molecule has 104 valence electrons. The monoisotopic (exact) mass is 340 g/mol. The van der Waals surface area contributed by atoms with Crippen molar-refractivity contribution in [3.05, 3.63) is 61.1 Å². The number of nitrogens with one attached hydrogen (secondary N) is 1. The van der Waals surface area contributed by atoms with Crippen molar-refractivity contribution >= 4 is 15.9 Å². The highest BCUT2D eigenvalue weighted by molar-refractivity contribution is 9.10. The van der Waals surface area contributed by atoms with Crippen molar-refractivity contribution in [1.82, 2.24) is 9.55 Å². The molecule has 1 atom stereocenters. The van der Waals surface area contributed by atoms with Crippen molar-refractivity contribution in [3.8, 4) is 5.75 Å². The Morgan fingerprint density at radius 3 is 3.05 bits per heavy atom. The smallest absolute Gasteiger partial charge is 0.328 e. The van der Waals surface area contributed by atoms with Crippen LogP contribution in [0, 0.1) is 5.82 Å². The van der Waals surface area contributed by atoms with E-state index in [1.807, 2.05) is 0 Å². The van der Waals surface area contributed by atoms with E-state index in [2.05, 4.69) is 20.9 Å². The predicted molar refractivity (Wildman–Crippen MR) is 73.5 cm³/mol. The Labute approximate surface area is 121 Å². The number of hydrogen-bond donors (Lipinski definition) is 1. The molecule has 3 rings (SSSR count). The van der Waals surface area contributed by atoms with Crippen LogP contribution in [0.2, 0.25) is 0 Å². The molecule has 2 aromatic rings. The molecule has 0 bridgehead atoms. The van der Waals surface area contributed by atoms with E-state index >= 15 is 0 Å². The van der Waals surface area contributed by atoms with Crippen LogP contribution in [0.25, 0.3) is 0 Å². The molecule has 0 saturated carbocycles. The fourth-order valence-electron chi connectivity index (χ4n) is 2.25. The lowest BCUT2D eigenvalue weighted by Crippen LogP contribution is -2.39. The molecule has 0 aliphatic carbocycles. The van der Waals surface area contributed by atoms with Crippen LogP contribution < -0.4 is 16.0 Å². The van der Waals surface area contributed by atoms with Gasteiger partial charge in [-0.15, -0.1) is 0 Å². The minimum Gasteiger partial charge on any atom is -0.488 e. The van der Waals surface area contributed by atoms with Gasteiger partial charge in [0.1, 0.15) is 17.7 Å². The van der Waals surface area contributed by atoms with Crippen LogP contribution in [0.3, 0.4) is 0 Å². The summed E-state index contributed by atoms with van der Waals surface area (Å²) in [5.74, 6) is 0.265. The summed E-state index contributed by atoms with van der Waals surface area (Å²) in [6.45, 7) is 0.115. The number of aromatic nitrogens is 2. The molecule has 0 saturated heterocycles. The number of H-pyrrole nitrogens is 1. The third-order valence-corrected chi connectivity index (χ3v) is 3.74. The summed E-state index contributed by atoms with van der Waals surface area (Å²) in [4.78, 5) is 26.0. The highest BCUT2D eigenvalue weighted by Gasteiger charge is 2.24. The van der Waals surface area contributed by atoms with Crippen molar-refractivity contribution in [2.45, 2.75) is 19.1 Å². The van der Waals surface area contributed by atoms with E-state index in [1.165, 1.54) is 18.3 Å². The minimum absolute atomic E-state index is 0.115. The standard InChI is InChI=1S/C13H10BrFN2O3/c14-10-5-16-13(19)17(12(10)18)6-9-4-7-3-8(15)1-2-11(7)20-9/h1-3,5,9H,4,6H2,(H,16,19). The Morgan fingerprint density at radius 1 is 1.45 bits per heavy atom. The summed E-state index contributed by atoms with van der Waals surface area (Å²) in [5.41, 5.74) is -0.169. The normalized spacial score (nSPS) is 16.8. The molecule has 0 radical (unpaired) electrons. The van der Waals surface area contributed by atoms with Gasteiger partial charge in [-0.2, -0.15) is 0 Å². The van der Waals surface area contributed by atoms with Gasteiger partial charge >= 0.3 is 5.69 Å². The van der Waals surface area contributed by atoms with Crippen LogP contribution in [0.15, 0.2) is 38.5 Å². The Bertz CT molecular complexity index is 784. The van der Waals surface area contributed by atoms with Crippen LogP contribution >= 0.6 is 15.9 Å². The average Bonchev–Trinajstić information content (AvgIpc) is 2.81. The molecule has 0 spiro atoms. The SMILES string of the molecule is O=c1[nH]cc(Br)c(=O)n1CC1Cc2cc(F)ccc2O1. The van der Waals surface area contributed by atoms with E-state index in [4.69, 9.17) is 4.74 Å². The Hall–Kier alpha value is -1.89. The van der Waals surface area contributed by atoms with Gasteiger partial charge in [0.15, 0.2) is 0 Å². The molecule has 0 amide bonds. The van der Waals surface area contributed by atoms with Gasteiger partial charge in [0.2, 0.25) is 0 Å². The van der Waals surface area contributed by atoms with E-state index in [0.29, 0.717) is 12.2 Å². The largest absolute Gasteiger partial charge is 0.488 e. The van der Waals surface area contributed by atoms with Gasteiger partial charge in [-0.3, -0.25) is 9.36 Å². The molecule has 1 unspecified atom stereocenters. The van der Waals surface area contributed by atoms with Crippen molar-refractivity contribution in [2.24, 2.45) is 0 Å². The first-order valence-corrected chi connectivity index (χ1v) is 6.77. The van der Waals surface area contributed by atoms with Gasteiger partial charge in [-0.05, 0) is 34.1 Å². The van der Waals surface area contributed by atoms with Gasteiger partial charge < -0.3 is 9.72 Å². The molecule has 1 N–H and O–H groups in total. The molecule has 0 fully saturated rings. The first-order valence-electron chi connectivity index (χ1n) is 5.97. The van der Waals surface area contributed by atoms with Crippen molar-refractivity contribution in [1.29, 1.82) is 0 Å². The van der Waals surface area contributed by atoms with Crippen LogP contribution in [-0.2, 0) is 13.0 Å².